The molecule has 0 spiro atoms. The molecule has 148 valence electrons. The Morgan fingerprint density at radius 2 is 1.89 bits per heavy atom. The Morgan fingerprint density at radius 3 is 2.64 bits per heavy atom. The fraction of sp³-hybridized carbons (Fsp3) is 0.455. The summed E-state index contributed by atoms with van der Waals surface area (Å²) < 4.78 is 5.59. The fourth-order valence-corrected chi connectivity index (χ4v) is 3.97. The standard InChI is InChI=1S/C22H28N4O2/c27-22(28-17-18-6-2-1-3-7-18)26-13-5-4-8-20(26)19-9-10-21(24-16-19)25-14-11-23-12-15-25/h1-3,6-7,9-10,16,20,23H,4-5,8,11-15,17H2/t20-/m1/s1. The SMILES string of the molecule is O=C(OCc1ccccc1)N1CCCC[C@@H]1c1ccc(N2CCNCC2)nc1. The van der Waals surface area contributed by atoms with E-state index < -0.39 is 0 Å². The van der Waals surface area contributed by atoms with Gasteiger partial charge in [-0.1, -0.05) is 36.4 Å². The lowest BCUT2D eigenvalue weighted by Crippen LogP contribution is -2.44. The molecule has 3 heterocycles. The number of ether oxygens (including phenoxy) is 1. The number of aromatic nitrogens is 1. The topological polar surface area (TPSA) is 57.7 Å². The highest BCUT2D eigenvalue weighted by Gasteiger charge is 2.29. The molecule has 1 amide bonds. The molecule has 1 aromatic heterocycles. The van der Waals surface area contributed by atoms with Crippen LogP contribution in [0.15, 0.2) is 48.7 Å². The second-order valence-corrected chi connectivity index (χ2v) is 7.43. The van der Waals surface area contributed by atoms with Gasteiger partial charge in [0.15, 0.2) is 0 Å². The molecule has 0 radical (unpaired) electrons. The lowest BCUT2D eigenvalue weighted by atomic mass is 9.97. The molecular formula is C22H28N4O2. The minimum absolute atomic E-state index is 0.0431. The molecule has 28 heavy (non-hydrogen) atoms. The predicted molar refractivity (Wildman–Crippen MR) is 109 cm³/mol. The molecule has 1 atom stereocenters. The van der Waals surface area contributed by atoms with Gasteiger partial charge in [0, 0.05) is 38.9 Å². The Balaban J connectivity index is 1.42. The van der Waals surface area contributed by atoms with E-state index in [0.29, 0.717) is 6.61 Å². The van der Waals surface area contributed by atoms with E-state index in [1.165, 1.54) is 0 Å². The Bertz CT molecular complexity index is 760. The van der Waals surface area contributed by atoms with E-state index in [9.17, 15) is 4.79 Å². The Morgan fingerprint density at radius 1 is 1.07 bits per heavy atom. The van der Waals surface area contributed by atoms with Crippen LogP contribution >= 0.6 is 0 Å². The number of pyridine rings is 1. The average Bonchev–Trinajstić information content (AvgIpc) is 2.79. The number of hydrogen-bond donors (Lipinski definition) is 1. The quantitative estimate of drug-likeness (QED) is 0.881. The maximum Gasteiger partial charge on any atom is 0.410 e. The number of nitrogens with one attached hydrogen (secondary N) is 1. The first kappa shape index (κ1) is 18.7. The molecule has 1 aromatic carbocycles. The number of piperazine rings is 1. The van der Waals surface area contributed by atoms with Crippen molar-refractivity contribution in [1.82, 2.24) is 15.2 Å². The molecule has 2 aromatic rings. The maximum absolute atomic E-state index is 12.7. The molecule has 0 aliphatic carbocycles. The van der Waals surface area contributed by atoms with Crippen LogP contribution in [0.4, 0.5) is 10.6 Å². The van der Waals surface area contributed by atoms with E-state index in [0.717, 1.165) is 68.9 Å². The molecule has 4 rings (SSSR count). The van der Waals surface area contributed by atoms with Crippen molar-refractivity contribution >= 4 is 11.9 Å². The van der Waals surface area contributed by atoms with Crippen LogP contribution in [0.3, 0.4) is 0 Å². The minimum atomic E-state index is -0.236. The van der Waals surface area contributed by atoms with Gasteiger partial charge >= 0.3 is 6.09 Å². The number of carbonyl (C=O) groups excluding carboxylic acids is 1. The molecule has 6 nitrogen and oxygen atoms in total. The number of carbonyl (C=O) groups is 1. The van der Waals surface area contributed by atoms with Crippen LogP contribution in [-0.2, 0) is 11.3 Å². The van der Waals surface area contributed by atoms with Crippen molar-refractivity contribution in [3.05, 3.63) is 59.8 Å². The van der Waals surface area contributed by atoms with E-state index in [1.54, 1.807) is 0 Å². The zero-order valence-corrected chi connectivity index (χ0v) is 16.2. The third-order valence-corrected chi connectivity index (χ3v) is 5.54. The lowest BCUT2D eigenvalue weighted by molar-refractivity contribution is 0.0678. The number of amides is 1. The Labute approximate surface area is 166 Å². The summed E-state index contributed by atoms with van der Waals surface area (Å²) in [6, 6.07) is 14.1. The molecule has 0 unspecified atom stereocenters. The van der Waals surface area contributed by atoms with E-state index >= 15 is 0 Å². The van der Waals surface area contributed by atoms with Gasteiger partial charge in [-0.25, -0.2) is 9.78 Å². The third kappa shape index (κ3) is 4.44. The van der Waals surface area contributed by atoms with Crippen molar-refractivity contribution in [1.29, 1.82) is 0 Å². The van der Waals surface area contributed by atoms with Crippen LogP contribution in [0, 0.1) is 0 Å². The summed E-state index contributed by atoms with van der Waals surface area (Å²) in [7, 11) is 0. The van der Waals surface area contributed by atoms with Crippen molar-refractivity contribution in [3.63, 3.8) is 0 Å². The van der Waals surface area contributed by atoms with E-state index in [2.05, 4.69) is 27.3 Å². The van der Waals surface area contributed by atoms with Gasteiger partial charge in [0.2, 0.25) is 0 Å². The molecule has 2 aliphatic rings. The number of hydrogen-bond acceptors (Lipinski definition) is 5. The van der Waals surface area contributed by atoms with Gasteiger partial charge < -0.3 is 19.9 Å². The zero-order valence-electron chi connectivity index (χ0n) is 16.2. The van der Waals surface area contributed by atoms with E-state index in [-0.39, 0.29) is 12.1 Å². The number of piperidine rings is 1. The first-order valence-corrected chi connectivity index (χ1v) is 10.2. The monoisotopic (exact) mass is 380 g/mol. The summed E-state index contributed by atoms with van der Waals surface area (Å²) in [6.45, 7) is 4.99. The summed E-state index contributed by atoms with van der Waals surface area (Å²) >= 11 is 0. The summed E-state index contributed by atoms with van der Waals surface area (Å²) in [5, 5.41) is 3.36. The molecule has 0 saturated carbocycles. The van der Waals surface area contributed by atoms with Gasteiger partial charge in [0.25, 0.3) is 0 Å². The second kappa shape index (κ2) is 9.06. The average molecular weight is 380 g/mol. The van der Waals surface area contributed by atoms with Gasteiger partial charge in [-0.3, -0.25) is 0 Å². The van der Waals surface area contributed by atoms with E-state index in [4.69, 9.17) is 4.74 Å². The zero-order chi connectivity index (χ0) is 19.2. The molecule has 0 bridgehead atoms. The summed E-state index contributed by atoms with van der Waals surface area (Å²) in [4.78, 5) is 21.6. The highest BCUT2D eigenvalue weighted by Crippen LogP contribution is 2.32. The van der Waals surface area contributed by atoms with Crippen molar-refractivity contribution < 1.29 is 9.53 Å². The van der Waals surface area contributed by atoms with Gasteiger partial charge in [-0.2, -0.15) is 0 Å². The molecule has 2 aliphatic heterocycles. The van der Waals surface area contributed by atoms with Crippen molar-refractivity contribution in [2.45, 2.75) is 31.9 Å². The number of rotatable bonds is 4. The summed E-state index contributed by atoms with van der Waals surface area (Å²) in [6.07, 6.45) is 4.79. The lowest BCUT2D eigenvalue weighted by Gasteiger charge is -2.35. The highest BCUT2D eigenvalue weighted by atomic mass is 16.6. The van der Waals surface area contributed by atoms with Crippen molar-refractivity contribution in [3.8, 4) is 0 Å². The number of likely N-dealkylation sites (tertiary alicyclic amines) is 1. The number of benzene rings is 1. The van der Waals surface area contributed by atoms with Crippen LogP contribution in [0.5, 0.6) is 0 Å². The first-order valence-electron chi connectivity index (χ1n) is 10.2. The van der Waals surface area contributed by atoms with Gasteiger partial charge in [-0.15, -0.1) is 0 Å². The van der Waals surface area contributed by atoms with Gasteiger partial charge in [0.05, 0.1) is 6.04 Å². The third-order valence-electron chi connectivity index (χ3n) is 5.54. The van der Waals surface area contributed by atoms with Crippen molar-refractivity contribution in [2.24, 2.45) is 0 Å². The van der Waals surface area contributed by atoms with Crippen molar-refractivity contribution in [2.75, 3.05) is 37.6 Å². The van der Waals surface area contributed by atoms with Crippen LogP contribution in [0.25, 0.3) is 0 Å². The van der Waals surface area contributed by atoms with Crippen LogP contribution in [-0.4, -0.2) is 48.7 Å². The predicted octanol–water partition coefficient (Wildman–Crippen LogP) is 3.36. The fourth-order valence-electron chi connectivity index (χ4n) is 3.97. The Kier molecular flexibility index (Phi) is 6.07. The van der Waals surface area contributed by atoms with E-state index in [1.807, 2.05) is 41.4 Å². The molecule has 2 fully saturated rings. The molecule has 1 N–H and O–H groups in total. The largest absolute Gasteiger partial charge is 0.445 e. The molecule has 6 heteroatoms. The summed E-state index contributed by atoms with van der Waals surface area (Å²) in [5.41, 5.74) is 2.10. The van der Waals surface area contributed by atoms with Crippen LogP contribution < -0.4 is 10.2 Å². The molecule has 2 saturated heterocycles. The maximum atomic E-state index is 12.7. The van der Waals surface area contributed by atoms with Gasteiger partial charge in [0.1, 0.15) is 12.4 Å². The van der Waals surface area contributed by atoms with Gasteiger partial charge in [-0.05, 0) is 36.5 Å². The Hall–Kier alpha value is -2.60. The normalized spacial score (nSPS) is 20.1. The van der Waals surface area contributed by atoms with Crippen LogP contribution in [0.2, 0.25) is 0 Å². The second-order valence-electron chi connectivity index (χ2n) is 7.43. The minimum Gasteiger partial charge on any atom is -0.445 e. The van der Waals surface area contributed by atoms with Crippen LogP contribution in [0.1, 0.15) is 36.4 Å². The number of nitrogens with zero attached hydrogens (tertiary/aromatic N) is 3. The smallest absolute Gasteiger partial charge is 0.410 e. The molecular weight excluding hydrogens is 352 g/mol. The summed E-state index contributed by atoms with van der Waals surface area (Å²) in [5.74, 6) is 1.01. The highest BCUT2D eigenvalue weighted by molar-refractivity contribution is 5.68. The first-order chi connectivity index (χ1) is 13.8. The number of anilines is 1.